The molecule has 2 N–H and O–H groups in total. The van der Waals surface area contributed by atoms with Crippen molar-refractivity contribution >= 4 is 23.4 Å². The molecule has 2 aromatic rings. The summed E-state index contributed by atoms with van der Waals surface area (Å²) >= 11 is 5.43. The van der Waals surface area contributed by atoms with Gasteiger partial charge in [0, 0.05) is 5.69 Å². The predicted molar refractivity (Wildman–Crippen MR) is 77.8 cm³/mol. The Labute approximate surface area is 117 Å². The van der Waals surface area contributed by atoms with E-state index >= 15 is 0 Å². The fraction of sp³-hybridized carbons (Fsp3) is 0.571. The average Bonchev–Trinajstić information content (AvgIpc) is 2.55. The number of pyridine rings is 1. The van der Waals surface area contributed by atoms with Gasteiger partial charge in [-0.1, -0.05) is 19.3 Å². The molecule has 2 heterocycles. The zero-order chi connectivity index (χ0) is 13.4. The first-order valence-electron chi connectivity index (χ1n) is 6.93. The normalized spacial score (nSPS) is 24.5. The molecule has 4 nitrogen and oxygen atoms in total. The van der Waals surface area contributed by atoms with Crippen LogP contribution in [0.1, 0.15) is 43.8 Å². The summed E-state index contributed by atoms with van der Waals surface area (Å²) in [4.78, 5) is 7.79. The molecule has 5 heteroatoms. The van der Waals surface area contributed by atoms with Gasteiger partial charge in [-0.25, -0.2) is 4.98 Å². The van der Waals surface area contributed by atoms with Crippen LogP contribution >= 0.6 is 12.2 Å². The number of nitrogens with zero attached hydrogens (tertiary/aromatic N) is 2. The van der Waals surface area contributed by atoms with Crippen molar-refractivity contribution in [3.8, 4) is 0 Å². The molecule has 1 aliphatic carbocycles. The highest BCUT2D eigenvalue weighted by Gasteiger charge is 2.25. The van der Waals surface area contributed by atoms with Gasteiger partial charge in [0.15, 0.2) is 10.4 Å². The first-order valence-corrected chi connectivity index (χ1v) is 7.33. The van der Waals surface area contributed by atoms with Gasteiger partial charge < -0.3 is 10.1 Å². The summed E-state index contributed by atoms with van der Waals surface area (Å²) in [5.74, 6) is 0. The highest BCUT2D eigenvalue weighted by Crippen LogP contribution is 2.30. The Morgan fingerprint density at radius 1 is 1.32 bits per heavy atom. The number of nitrogens with one attached hydrogen (secondary N) is 1. The number of aliphatic hydroxyl groups excluding tert-OH is 1. The van der Waals surface area contributed by atoms with Crippen LogP contribution in [-0.2, 0) is 0 Å². The lowest BCUT2D eigenvalue weighted by Gasteiger charge is -2.22. The Bertz CT molecular complexity index is 646. The first-order chi connectivity index (χ1) is 9.16. The number of fused-ring (bicyclic) bond motifs is 1. The minimum atomic E-state index is -0.324. The Morgan fingerprint density at radius 2 is 2.11 bits per heavy atom. The summed E-state index contributed by atoms with van der Waals surface area (Å²) < 4.78 is 2.69. The second-order valence-electron chi connectivity index (χ2n) is 5.40. The second kappa shape index (κ2) is 5.06. The van der Waals surface area contributed by atoms with E-state index in [0.717, 1.165) is 42.5 Å². The fourth-order valence-corrected chi connectivity index (χ4v) is 3.31. The fourth-order valence-electron chi connectivity index (χ4n) is 2.97. The Balaban J connectivity index is 2.15. The lowest BCUT2D eigenvalue weighted by Crippen LogP contribution is -2.23. The number of hydrogen-bond donors (Lipinski definition) is 2. The number of aliphatic hydroxyl groups is 1. The number of imidazole rings is 1. The van der Waals surface area contributed by atoms with Gasteiger partial charge in [-0.05, 0) is 44.1 Å². The van der Waals surface area contributed by atoms with E-state index in [1.54, 1.807) is 0 Å². The number of hydrogen-bond acceptors (Lipinski definition) is 3. The number of aromatic amines is 1. The van der Waals surface area contributed by atoms with Crippen molar-refractivity contribution in [1.82, 2.24) is 14.5 Å². The highest BCUT2D eigenvalue weighted by atomic mass is 32.1. The Kier molecular flexibility index (Phi) is 3.41. The van der Waals surface area contributed by atoms with E-state index in [-0.39, 0.29) is 12.1 Å². The van der Waals surface area contributed by atoms with Crippen LogP contribution in [0.15, 0.2) is 12.1 Å². The molecular formula is C14H19N3OS. The molecule has 1 aliphatic rings. The molecule has 0 saturated heterocycles. The largest absolute Gasteiger partial charge is 0.391 e. The summed E-state index contributed by atoms with van der Waals surface area (Å²) in [6.45, 7) is 1.98. The van der Waals surface area contributed by atoms with Crippen LogP contribution in [0, 0.1) is 11.7 Å². The average molecular weight is 277 g/mol. The minimum Gasteiger partial charge on any atom is -0.391 e. The Hall–Kier alpha value is -1.20. The number of rotatable bonds is 1. The molecule has 0 radical (unpaired) electrons. The topological polar surface area (TPSA) is 53.8 Å². The predicted octanol–water partition coefficient (Wildman–Crippen LogP) is 3.27. The van der Waals surface area contributed by atoms with E-state index in [1.807, 2.05) is 23.6 Å². The quantitative estimate of drug-likeness (QED) is 0.621. The molecule has 0 bridgehead atoms. The van der Waals surface area contributed by atoms with Crippen molar-refractivity contribution in [2.75, 3.05) is 0 Å². The zero-order valence-electron chi connectivity index (χ0n) is 11.1. The van der Waals surface area contributed by atoms with Gasteiger partial charge in [0.1, 0.15) is 0 Å². The van der Waals surface area contributed by atoms with E-state index < -0.39 is 0 Å². The van der Waals surface area contributed by atoms with E-state index in [4.69, 9.17) is 12.2 Å². The second-order valence-corrected chi connectivity index (χ2v) is 5.78. The molecule has 2 atom stereocenters. The third-order valence-electron chi connectivity index (χ3n) is 3.98. The molecule has 2 unspecified atom stereocenters. The zero-order valence-corrected chi connectivity index (χ0v) is 11.9. The number of aryl methyl sites for hydroxylation is 1. The summed E-state index contributed by atoms with van der Waals surface area (Å²) in [5.41, 5.74) is 2.79. The van der Waals surface area contributed by atoms with Gasteiger partial charge in [0.05, 0.1) is 17.7 Å². The maximum atomic E-state index is 10.4. The van der Waals surface area contributed by atoms with Crippen molar-refractivity contribution in [2.24, 2.45) is 0 Å². The van der Waals surface area contributed by atoms with Gasteiger partial charge in [-0.3, -0.25) is 4.57 Å². The lowest BCUT2D eigenvalue weighted by atomic mass is 10.1. The minimum absolute atomic E-state index is 0.0537. The molecule has 1 fully saturated rings. The lowest BCUT2D eigenvalue weighted by molar-refractivity contribution is 0.106. The van der Waals surface area contributed by atoms with Crippen molar-refractivity contribution in [3.63, 3.8) is 0 Å². The van der Waals surface area contributed by atoms with Crippen LogP contribution in [0.2, 0.25) is 0 Å². The SMILES string of the molecule is Cc1ccc2[nH]c(=S)n(C3CCCCCC3O)c2n1. The summed E-state index contributed by atoms with van der Waals surface area (Å²) in [5, 5.41) is 10.4. The van der Waals surface area contributed by atoms with Crippen molar-refractivity contribution < 1.29 is 5.11 Å². The number of H-pyrrole nitrogens is 1. The van der Waals surface area contributed by atoms with E-state index in [0.29, 0.717) is 4.77 Å². The first kappa shape index (κ1) is 12.8. The number of aromatic nitrogens is 3. The third-order valence-corrected chi connectivity index (χ3v) is 4.28. The van der Waals surface area contributed by atoms with Gasteiger partial charge >= 0.3 is 0 Å². The molecule has 102 valence electrons. The monoisotopic (exact) mass is 277 g/mol. The molecule has 0 aliphatic heterocycles. The molecule has 19 heavy (non-hydrogen) atoms. The van der Waals surface area contributed by atoms with Crippen LogP contribution in [0.5, 0.6) is 0 Å². The third kappa shape index (κ3) is 2.32. The van der Waals surface area contributed by atoms with Gasteiger partial charge in [0.25, 0.3) is 0 Å². The maximum Gasteiger partial charge on any atom is 0.179 e. The van der Waals surface area contributed by atoms with Crippen LogP contribution in [0.4, 0.5) is 0 Å². The summed E-state index contributed by atoms with van der Waals surface area (Å²) in [7, 11) is 0. The standard InChI is InChI=1S/C14H19N3OS/c1-9-7-8-10-13(15-9)17(14(19)16-10)11-5-3-2-4-6-12(11)18/h7-8,11-12,18H,2-6H2,1H3,(H,16,19). The summed E-state index contributed by atoms with van der Waals surface area (Å²) in [6.07, 6.45) is 4.93. The smallest absolute Gasteiger partial charge is 0.179 e. The molecule has 1 saturated carbocycles. The van der Waals surface area contributed by atoms with Crippen LogP contribution in [-0.4, -0.2) is 25.7 Å². The van der Waals surface area contributed by atoms with Gasteiger partial charge in [-0.15, -0.1) is 0 Å². The van der Waals surface area contributed by atoms with Crippen molar-refractivity contribution in [1.29, 1.82) is 0 Å². The summed E-state index contributed by atoms with van der Waals surface area (Å²) in [6, 6.07) is 4.03. The molecule has 2 aromatic heterocycles. The van der Waals surface area contributed by atoms with E-state index in [1.165, 1.54) is 6.42 Å². The van der Waals surface area contributed by atoms with Crippen molar-refractivity contribution in [3.05, 3.63) is 22.6 Å². The molecule has 0 spiro atoms. The van der Waals surface area contributed by atoms with E-state index in [9.17, 15) is 5.11 Å². The molecule has 0 amide bonds. The molecular weight excluding hydrogens is 258 g/mol. The van der Waals surface area contributed by atoms with Crippen molar-refractivity contribution in [2.45, 2.75) is 51.2 Å². The van der Waals surface area contributed by atoms with Crippen LogP contribution in [0.25, 0.3) is 11.2 Å². The maximum absolute atomic E-state index is 10.4. The van der Waals surface area contributed by atoms with Gasteiger partial charge in [0.2, 0.25) is 0 Å². The highest BCUT2D eigenvalue weighted by molar-refractivity contribution is 7.71. The Morgan fingerprint density at radius 3 is 2.95 bits per heavy atom. The molecule has 3 rings (SSSR count). The van der Waals surface area contributed by atoms with E-state index in [2.05, 4.69) is 9.97 Å². The van der Waals surface area contributed by atoms with Crippen LogP contribution < -0.4 is 0 Å². The molecule has 0 aromatic carbocycles. The van der Waals surface area contributed by atoms with Gasteiger partial charge in [-0.2, -0.15) is 0 Å². The van der Waals surface area contributed by atoms with Crippen LogP contribution in [0.3, 0.4) is 0 Å².